The van der Waals surface area contributed by atoms with E-state index in [1.165, 1.54) is 0 Å². The molecule has 0 spiro atoms. The number of nitrogens with one attached hydrogen (secondary N) is 1. The molecule has 5 nitrogen and oxygen atoms in total. The van der Waals surface area contributed by atoms with Crippen LogP contribution in [0, 0.1) is 0 Å². The molecule has 0 bridgehead atoms. The zero-order valence-electron chi connectivity index (χ0n) is 18.7. The number of halogens is 1. The van der Waals surface area contributed by atoms with Crippen LogP contribution >= 0.6 is 15.9 Å². The summed E-state index contributed by atoms with van der Waals surface area (Å²) in [5, 5.41) is 2.92. The maximum atomic E-state index is 13.0. The summed E-state index contributed by atoms with van der Waals surface area (Å²) in [6.45, 7) is 2.74. The van der Waals surface area contributed by atoms with Gasteiger partial charge in [-0.2, -0.15) is 0 Å². The van der Waals surface area contributed by atoms with Crippen molar-refractivity contribution < 1.29 is 19.0 Å². The first-order chi connectivity index (χ1) is 16.6. The van der Waals surface area contributed by atoms with Crippen molar-refractivity contribution in [1.82, 2.24) is 0 Å². The highest BCUT2D eigenvalue weighted by Crippen LogP contribution is 2.37. The summed E-state index contributed by atoms with van der Waals surface area (Å²) in [6.07, 6.45) is 0. The second-order valence-corrected chi connectivity index (χ2v) is 8.24. The molecule has 4 rings (SSSR count). The quantitative estimate of drug-likeness (QED) is 0.250. The van der Waals surface area contributed by atoms with Crippen molar-refractivity contribution in [2.24, 2.45) is 0 Å². The molecule has 0 unspecified atom stereocenters. The molecule has 0 fully saturated rings. The Morgan fingerprint density at radius 1 is 0.824 bits per heavy atom. The Balaban J connectivity index is 1.48. The van der Waals surface area contributed by atoms with E-state index in [1.807, 2.05) is 79.7 Å². The van der Waals surface area contributed by atoms with Gasteiger partial charge in [0, 0.05) is 11.3 Å². The van der Waals surface area contributed by atoms with Crippen LogP contribution < -0.4 is 19.5 Å². The van der Waals surface area contributed by atoms with Gasteiger partial charge in [-0.15, -0.1) is 0 Å². The number of para-hydroxylation sites is 1. The number of carbonyl (C=O) groups excluding carboxylic acids is 1. The third-order valence-electron chi connectivity index (χ3n) is 4.89. The number of ether oxygens (including phenoxy) is 3. The fraction of sp³-hybridized carbons (Fsp3) is 0.107. The van der Waals surface area contributed by atoms with Gasteiger partial charge in [0.1, 0.15) is 18.1 Å². The Hall–Kier alpha value is -3.77. The molecule has 6 heteroatoms. The van der Waals surface area contributed by atoms with Gasteiger partial charge in [0.2, 0.25) is 0 Å². The summed E-state index contributed by atoms with van der Waals surface area (Å²) in [5.74, 6) is 2.24. The Bertz CT molecular complexity index is 1230. The monoisotopic (exact) mass is 517 g/mol. The topological polar surface area (TPSA) is 56.8 Å². The average Bonchev–Trinajstić information content (AvgIpc) is 2.86. The van der Waals surface area contributed by atoms with Gasteiger partial charge in [0.05, 0.1) is 11.1 Å². The van der Waals surface area contributed by atoms with Crippen LogP contribution in [0.25, 0.3) is 0 Å². The number of rotatable bonds is 9. The lowest BCUT2D eigenvalue weighted by Crippen LogP contribution is -2.12. The van der Waals surface area contributed by atoms with E-state index < -0.39 is 0 Å². The first kappa shape index (κ1) is 23.4. The second kappa shape index (κ2) is 11.4. The number of anilines is 1. The molecule has 0 saturated heterocycles. The average molecular weight is 518 g/mol. The fourth-order valence-electron chi connectivity index (χ4n) is 3.26. The normalized spacial score (nSPS) is 10.4. The zero-order chi connectivity index (χ0) is 23.8. The third kappa shape index (κ3) is 6.17. The molecule has 1 N–H and O–H groups in total. The van der Waals surface area contributed by atoms with Crippen LogP contribution in [0.2, 0.25) is 0 Å². The molecule has 0 radical (unpaired) electrons. The lowest BCUT2D eigenvalue weighted by Gasteiger charge is -2.15. The Morgan fingerprint density at radius 2 is 1.47 bits per heavy atom. The number of hydrogen-bond donors (Lipinski definition) is 1. The highest BCUT2D eigenvalue weighted by Gasteiger charge is 2.16. The predicted molar refractivity (Wildman–Crippen MR) is 137 cm³/mol. The van der Waals surface area contributed by atoms with Crippen LogP contribution in [0.3, 0.4) is 0 Å². The van der Waals surface area contributed by atoms with Gasteiger partial charge in [-0.05, 0) is 76.9 Å². The van der Waals surface area contributed by atoms with E-state index in [1.54, 1.807) is 24.3 Å². The molecule has 0 aromatic heterocycles. The molecule has 0 saturated carbocycles. The minimum atomic E-state index is -0.259. The van der Waals surface area contributed by atoms with Crippen molar-refractivity contribution >= 4 is 27.5 Å². The van der Waals surface area contributed by atoms with Gasteiger partial charge in [0.25, 0.3) is 5.91 Å². The number of hydrogen-bond acceptors (Lipinski definition) is 4. The highest BCUT2D eigenvalue weighted by molar-refractivity contribution is 9.10. The molecule has 172 valence electrons. The van der Waals surface area contributed by atoms with E-state index in [-0.39, 0.29) is 5.91 Å². The maximum Gasteiger partial charge on any atom is 0.255 e. The predicted octanol–water partition coefficient (Wildman–Crippen LogP) is 7.47. The summed E-state index contributed by atoms with van der Waals surface area (Å²) < 4.78 is 18.2. The standard InChI is InChI=1S/C28H24BrNO4/c1-2-32-27-25(29)17-21(18-26(27)33-19-20-9-5-3-6-10-20)28(31)30-22-13-15-24(16-14-22)34-23-11-7-4-8-12-23/h3-18H,2,19H2,1H3,(H,30,31). The molecule has 0 aliphatic heterocycles. The van der Waals surface area contributed by atoms with E-state index in [0.29, 0.717) is 46.2 Å². The molecular weight excluding hydrogens is 494 g/mol. The Labute approximate surface area is 207 Å². The van der Waals surface area contributed by atoms with E-state index in [2.05, 4.69) is 21.2 Å². The summed E-state index contributed by atoms with van der Waals surface area (Å²) in [4.78, 5) is 13.0. The third-order valence-corrected chi connectivity index (χ3v) is 5.48. The van der Waals surface area contributed by atoms with E-state index in [9.17, 15) is 4.79 Å². The first-order valence-corrected chi connectivity index (χ1v) is 11.7. The molecular formula is C28H24BrNO4. The van der Waals surface area contributed by atoms with Gasteiger partial charge in [-0.25, -0.2) is 0 Å². The molecule has 4 aromatic rings. The van der Waals surface area contributed by atoms with Crippen LogP contribution in [0.1, 0.15) is 22.8 Å². The van der Waals surface area contributed by atoms with Gasteiger partial charge >= 0.3 is 0 Å². The Morgan fingerprint density at radius 3 is 2.15 bits per heavy atom. The number of amides is 1. The van der Waals surface area contributed by atoms with Crippen molar-refractivity contribution in [3.8, 4) is 23.0 Å². The van der Waals surface area contributed by atoms with Gasteiger partial charge in [0.15, 0.2) is 11.5 Å². The van der Waals surface area contributed by atoms with Crippen molar-refractivity contribution in [1.29, 1.82) is 0 Å². The minimum Gasteiger partial charge on any atom is -0.489 e. The van der Waals surface area contributed by atoms with E-state index in [4.69, 9.17) is 14.2 Å². The zero-order valence-corrected chi connectivity index (χ0v) is 20.2. The van der Waals surface area contributed by atoms with Crippen LogP contribution in [0.4, 0.5) is 5.69 Å². The largest absolute Gasteiger partial charge is 0.489 e. The second-order valence-electron chi connectivity index (χ2n) is 7.39. The van der Waals surface area contributed by atoms with E-state index in [0.717, 1.165) is 11.3 Å². The number of carbonyl (C=O) groups is 1. The maximum absolute atomic E-state index is 13.0. The highest BCUT2D eigenvalue weighted by atomic mass is 79.9. The van der Waals surface area contributed by atoms with Gasteiger partial charge in [-0.3, -0.25) is 4.79 Å². The molecule has 0 aliphatic carbocycles. The smallest absolute Gasteiger partial charge is 0.255 e. The van der Waals surface area contributed by atoms with Crippen molar-refractivity contribution in [3.05, 3.63) is 113 Å². The van der Waals surface area contributed by atoms with Crippen molar-refractivity contribution in [2.45, 2.75) is 13.5 Å². The van der Waals surface area contributed by atoms with Crippen molar-refractivity contribution in [2.75, 3.05) is 11.9 Å². The van der Waals surface area contributed by atoms with E-state index >= 15 is 0 Å². The van der Waals surface area contributed by atoms with Crippen LogP contribution in [0.5, 0.6) is 23.0 Å². The van der Waals surface area contributed by atoms with Crippen molar-refractivity contribution in [3.63, 3.8) is 0 Å². The molecule has 0 heterocycles. The van der Waals surface area contributed by atoms with Gasteiger partial charge < -0.3 is 19.5 Å². The molecule has 34 heavy (non-hydrogen) atoms. The summed E-state index contributed by atoms with van der Waals surface area (Å²) >= 11 is 3.52. The summed E-state index contributed by atoms with van der Waals surface area (Å²) in [6, 6.07) is 30.0. The molecule has 4 aromatic carbocycles. The first-order valence-electron chi connectivity index (χ1n) is 10.9. The molecule has 0 aliphatic rings. The molecule has 0 atom stereocenters. The lowest BCUT2D eigenvalue weighted by molar-refractivity contribution is 0.102. The van der Waals surface area contributed by atoms with Crippen LogP contribution in [-0.4, -0.2) is 12.5 Å². The Kier molecular flexibility index (Phi) is 7.83. The fourth-order valence-corrected chi connectivity index (χ4v) is 3.82. The molecule has 1 amide bonds. The van der Waals surface area contributed by atoms with Crippen LogP contribution in [-0.2, 0) is 6.61 Å². The minimum absolute atomic E-state index is 0.259. The summed E-state index contributed by atoms with van der Waals surface area (Å²) in [5.41, 5.74) is 2.12. The SMILES string of the molecule is CCOc1c(Br)cc(C(=O)Nc2ccc(Oc3ccccc3)cc2)cc1OCc1ccccc1. The number of benzene rings is 4. The summed E-state index contributed by atoms with van der Waals surface area (Å²) in [7, 11) is 0. The lowest BCUT2D eigenvalue weighted by atomic mass is 10.1. The van der Waals surface area contributed by atoms with Gasteiger partial charge in [-0.1, -0.05) is 48.5 Å². The van der Waals surface area contributed by atoms with Crippen LogP contribution in [0.15, 0.2) is 102 Å².